The molecule has 0 aliphatic rings. The number of hydrogen-bond acceptors (Lipinski definition) is 5. The van der Waals surface area contributed by atoms with Gasteiger partial charge in [-0.1, -0.05) is 42.0 Å². The number of methoxy groups -OCH3 is 1. The van der Waals surface area contributed by atoms with Gasteiger partial charge in [0.05, 0.1) is 5.41 Å². The molecular formula is C25H33F3O5. The van der Waals surface area contributed by atoms with Gasteiger partial charge in [-0.3, -0.25) is 4.79 Å². The molecule has 0 unspecified atom stereocenters. The molecule has 8 heteroatoms. The van der Waals surface area contributed by atoms with Crippen LogP contribution >= 0.6 is 0 Å². The fraction of sp³-hybridized carbons (Fsp3) is 0.520. The van der Waals surface area contributed by atoms with E-state index in [2.05, 4.69) is 0 Å². The van der Waals surface area contributed by atoms with Gasteiger partial charge in [0, 0.05) is 19.1 Å². The Morgan fingerprint density at radius 3 is 2.00 bits per heavy atom. The van der Waals surface area contributed by atoms with E-state index in [9.17, 15) is 22.8 Å². The smallest absolute Gasteiger partial charge is 0.432 e. The molecule has 0 N–H and O–H groups in total. The van der Waals surface area contributed by atoms with Gasteiger partial charge in [0.2, 0.25) is 0 Å². The molecule has 0 saturated carbocycles. The summed E-state index contributed by atoms with van der Waals surface area (Å²) >= 11 is 0. The van der Waals surface area contributed by atoms with Crippen LogP contribution in [0.2, 0.25) is 0 Å². The number of allylic oxidation sites excluding steroid dienone is 1. The Morgan fingerprint density at radius 2 is 1.55 bits per heavy atom. The van der Waals surface area contributed by atoms with Crippen molar-refractivity contribution in [3.63, 3.8) is 0 Å². The molecule has 5 nitrogen and oxygen atoms in total. The molecule has 0 aromatic heterocycles. The normalized spacial score (nSPS) is 15.3. The maximum absolute atomic E-state index is 14.2. The monoisotopic (exact) mass is 470 g/mol. The van der Waals surface area contributed by atoms with Crippen LogP contribution in [0.1, 0.15) is 53.5 Å². The number of benzene rings is 1. The molecule has 0 aliphatic carbocycles. The van der Waals surface area contributed by atoms with E-state index in [1.165, 1.54) is 24.3 Å². The van der Waals surface area contributed by atoms with E-state index < -0.39 is 35.2 Å². The van der Waals surface area contributed by atoms with Gasteiger partial charge in [-0.15, -0.1) is 0 Å². The predicted molar refractivity (Wildman–Crippen MR) is 119 cm³/mol. The maximum Gasteiger partial charge on any atom is 0.432 e. The predicted octanol–water partition coefficient (Wildman–Crippen LogP) is 5.89. The largest absolute Gasteiger partial charge is 0.461 e. The number of hydrogen-bond donors (Lipinski definition) is 0. The SMILES string of the molecule is CO[C@@](C(=O)O[C@H](CC=C(C)C)/C(C)=C/COC(=O)C(C)(C)C)(c1ccccc1)C(F)(F)F. The Hall–Kier alpha value is -2.61. The zero-order valence-corrected chi connectivity index (χ0v) is 20.2. The summed E-state index contributed by atoms with van der Waals surface area (Å²) in [5.74, 6) is -2.00. The second-order valence-electron chi connectivity index (χ2n) is 8.96. The summed E-state index contributed by atoms with van der Waals surface area (Å²) in [5, 5.41) is 0. The molecule has 0 fully saturated rings. The van der Waals surface area contributed by atoms with E-state index in [0.717, 1.165) is 24.8 Å². The van der Waals surface area contributed by atoms with Crippen LogP contribution in [-0.2, 0) is 29.4 Å². The van der Waals surface area contributed by atoms with Crippen LogP contribution in [-0.4, -0.2) is 37.9 Å². The Labute approximate surface area is 193 Å². The summed E-state index contributed by atoms with van der Waals surface area (Å²) in [7, 11) is 0.821. The lowest BCUT2D eigenvalue weighted by atomic mass is 9.92. The first-order valence-electron chi connectivity index (χ1n) is 10.5. The summed E-state index contributed by atoms with van der Waals surface area (Å²) in [6, 6.07) is 6.64. The summed E-state index contributed by atoms with van der Waals surface area (Å²) < 4.78 is 57.9. The molecule has 1 aromatic carbocycles. The fourth-order valence-corrected chi connectivity index (χ4v) is 2.87. The summed E-state index contributed by atoms with van der Waals surface area (Å²) in [4.78, 5) is 25.0. The second-order valence-corrected chi connectivity index (χ2v) is 8.96. The minimum absolute atomic E-state index is 0.0990. The van der Waals surface area contributed by atoms with E-state index in [-0.39, 0.29) is 18.6 Å². The lowest BCUT2D eigenvalue weighted by molar-refractivity contribution is -0.277. The van der Waals surface area contributed by atoms with Crippen molar-refractivity contribution in [1.29, 1.82) is 0 Å². The average molecular weight is 471 g/mol. The van der Waals surface area contributed by atoms with Crippen LogP contribution < -0.4 is 0 Å². The minimum atomic E-state index is -5.07. The Balaban J connectivity index is 3.27. The molecule has 1 aromatic rings. The molecule has 0 amide bonds. The fourth-order valence-electron chi connectivity index (χ4n) is 2.87. The van der Waals surface area contributed by atoms with Crippen LogP contribution in [0.5, 0.6) is 0 Å². The summed E-state index contributed by atoms with van der Waals surface area (Å²) in [5.41, 5.74) is -3.01. The van der Waals surface area contributed by atoms with Crippen molar-refractivity contribution < 1.29 is 37.0 Å². The number of rotatable bonds is 9. The van der Waals surface area contributed by atoms with Crippen LogP contribution in [0.4, 0.5) is 13.2 Å². The van der Waals surface area contributed by atoms with Crippen molar-refractivity contribution in [1.82, 2.24) is 0 Å². The zero-order chi connectivity index (χ0) is 25.4. The number of carbonyl (C=O) groups excluding carboxylic acids is 2. The third-order valence-electron chi connectivity index (χ3n) is 4.90. The van der Waals surface area contributed by atoms with Gasteiger partial charge >= 0.3 is 18.1 Å². The van der Waals surface area contributed by atoms with Crippen LogP contribution in [0.25, 0.3) is 0 Å². The lowest BCUT2D eigenvalue weighted by Gasteiger charge is -2.34. The van der Waals surface area contributed by atoms with Crippen molar-refractivity contribution in [2.45, 2.75) is 65.8 Å². The van der Waals surface area contributed by atoms with Crippen molar-refractivity contribution in [2.24, 2.45) is 5.41 Å². The zero-order valence-electron chi connectivity index (χ0n) is 20.2. The highest BCUT2D eigenvalue weighted by Gasteiger charge is 2.64. The van der Waals surface area contributed by atoms with Crippen LogP contribution in [0.3, 0.4) is 0 Å². The molecule has 0 saturated heterocycles. The van der Waals surface area contributed by atoms with E-state index in [1.807, 2.05) is 13.8 Å². The lowest BCUT2D eigenvalue weighted by Crippen LogP contribution is -2.52. The van der Waals surface area contributed by atoms with Gasteiger partial charge in [-0.25, -0.2) is 4.79 Å². The molecular weight excluding hydrogens is 437 g/mol. The van der Waals surface area contributed by atoms with E-state index in [4.69, 9.17) is 14.2 Å². The number of esters is 2. The third kappa shape index (κ3) is 7.45. The Kier molecular flexibility index (Phi) is 9.90. The molecule has 0 bridgehead atoms. The van der Waals surface area contributed by atoms with Gasteiger partial charge in [0.1, 0.15) is 12.7 Å². The summed E-state index contributed by atoms with van der Waals surface area (Å²) in [6.07, 6.45) is -2.66. The molecule has 0 radical (unpaired) electrons. The number of ether oxygens (including phenoxy) is 3. The van der Waals surface area contributed by atoms with Crippen molar-refractivity contribution >= 4 is 11.9 Å². The summed E-state index contributed by atoms with van der Waals surface area (Å²) in [6.45, 7) is 10.3. The maximum atomic E-state index is 14.2. The number of carbonyl (C=O) groups is 2. The Morgan fingerprint density at radius 1 is 0.970 bits per heavy atom. The topological polar surface area (TPSA) is 61.8 Å². The first-order valence-corrected chi connectivity index (χ1v) is 10.5. The molecule has 33 heavy (non-hydrogen) atoms. The molecule has 184 valence electrons. The highest BCUT2D eigenvalue weighted by atomic mass is 19.4. The Bertz CT molecular complexity index is 862. The average Bonchev–Trinajstić information content (AvgIpc) is 2.70. The highest BCUT2D eigenvalue weighted by Crippen LogP contribution is 2.43. The van der Waals surface area contributed by atoms with Crippen molar-refractivity contribution in [3.05, 3.63) is 59.2 Å². The van der Waals surface area contributed by atoms with Gasteiger partial charge < -0.3 is 14.2 Å². The highest BCUT2D eigenvalue weighted by molar-refractivity contribution is 5.83. The molecule has 0 aliphatic heterocycles. The molecule has 0 heterocycles. The second kappa shape index (κ2) is 11.5. The van der Waals surface area contributed by atoms with E-state index in [0.29, 0.717) is 5.57 Å². The van der Waals surface area contributed by atoms with Crippen molar-refractivity contribution in [3.8, 4) is 0 Å². The molecule has 2 atom stereocenters. The molecule has 1 rings (SSSR count). The van der Waals surface area contributed by atoms with Gasteiger partial charge in [-0.05, 0) is 53.2 Å². The molecule has 0 spiro atoms. The van der Waals surface area contributed by atoms with Crippen LogP contribution in [0.15, 0.2) is 53.6 Å². The van der Waals surface area contributed by atoms with Crippen LogP contribution in [0, 0.1) is 5.41 Å². The van der Waals surface area contributed by atoms with Gasteiger partial charge in [-0.2, -0.15) is 13.2 Å². The first kappa shape index (κ1) is 28.4. The minimum Gasteiger partial charge on any atom is -0.461 e. The standard InChI is InChI=1S/C25H33F3O5/c1-17(2)13-14-20(18(3)15-16-32-21(29)23(4,5)6)33-22(30)24(31-7,25(26,27)28)19-11-9-8-10-12-19/h8-13,15,20H,14,16H2,1-7H3/b18-15+/t20-,24-/m1/s1. The number of halogens is 3. The van der Waals surface area contributed by atoms with Crippen molar-refractivity contribution in [2.75, 3.05) is 13.7 Å². The first-order chi connectivity index (χ1) is 15.2. The quantitative estimate of drug-likeness (QED) is 0.332. The van der Waals surface area contributed by atoms with Gasteiger partial charge in [0.25, 0.3) is 5.60 Å². The third-order valence-corrected chi connectivity index (χ3v) is 4.90. The van der Waals surface area contributed by atoms with Gasteiger partial charge in [0.15, 0.2) is 0 Å². The van der Waals surface area contributed by atoms with E-state index >= 15 is 0 Å². The van der Waals surface area contributed by atoms with E-state index in [1.54, 1.807) is 33.8 Å². The number of alkyl halides is 3.